The molecule has 1 heteroatoms. The first-order chi connectivity index (χ1) is 24.3. The maximum Gasteiger partial charge on any atom is 0.0462 e. The van der Waals surface area contributed by atoms with Crippen LogP contribution >= 0.6 is 0 Å². The number of rotatable bonds is 5. The van der Waals surface area contributed by atoms with E-state index >= 15 is 0 Å². The molecule has 49 heavy (non-hydrogen) atoms. The van der Waals surface area contributed by atoms with Crippen molar-refractivity contribution in [1.29, 1.82) is 0 Å². The quantitative estimate of drug-likeness (QED) is 0.173. The fourth-order valence-corrected chi connectivity index (χ4v) is 8.13. The molecule has 1 aliphatic carbocycles. The van der Waals surface area contributed by atoms with Crippen molar-refractivity contribution in [2.45, 2.75) is 0 Å². The van der Waals surface area contributed by atoms with E-state index in [2.05, 4.69) is 193 Å². The summed E-state index contributed by atoms with van der Waals surface area (Å²) in [6.45, 7) is 0. The molecular weight excluding hydrogens is 591 g/mol. The molecule has 0 N–H and O–H groups in total. The third-order valence-corrected chi connectivity index (χ3v) is 10.2. The summed E-state index contributed by atoms with van der Waals surface area (Å²) >= 11 is 0. The molecule has 0 bridgehead atoms. The Morgan fingerprint density at radius 1 is 0.245 bits per heavy atom. The lowest BCUT2D eigenvalue weighted by atomic mass is 9.84. The highest BCUT2D eigenvalue weighted by molar-refractivity contribution is 6.26. The first kappa shape index (κ1) is 27.7. The average Bonchev–Trinajstić information content (AvgIpc) is 3.50. The summed E-state index contributed by atoms with van der Waals surface area (Å²) in [7, 11) is 0. The Kier molecular flexibility index (Phi) is 6.25. The van der Waals surface area contributed by atoms with E-state index in [9.17, 15) is 0 Å². The second-order valence-electron chi connectivity index (χ2n) is 12.8. The first-order valence-electron chi connectivity index (χ1n) is 17.0. The Bertz CT molecular complexity index is 2560. The molecule has 9 aromatic carbocycles. The van der Waals surface area contributed by atoms with Gasteiger partial charge >= 0.3 is 0 Å². The molecule has 0 aromatic heterocycles. The van der Waals surface area contributed by atoms with Crippen molar-refractivity contribution in [1.82, 2.24) is 0 Å². The summed E-state index contributed by atoms with van der Waals surface area (Å²) in [5.74, 6) is 0. The molecule has 0 atom stereocenters. The van der Waals surface area contributed by atoms with Gasteiger partial charge in [0.15, 0.2) is 0 Å². The van der Waals surface area contributed by atoms with Gasteiger partial charge in [0.1, 0.15) is 0 Å². The van der Waals surface area contributed by atoms with Gasteiger partial charge in [-0.3, -0.25) is 0 Å². The topological polar surface area (TPSA) is 3.24 Å². The van der Waals surface area contributed by atoms with Gasteiger partial charge in [0, 0.05) is 17.1 Å². The Morgan fingerprint density at radius 2 is 0.653 bits per heavy atom. The van der Waals surface area contributed by atoms with Crippen molar-refractivity contribution < 1.29 is 0 Å². The molecule has 10 rings (SSSR count). The molecule has 0 radical (unpaired) electrons. The highest BCUT2D eigenvalue weighted by Crippen LogP contribution is 2.51. The maximum atomic E-state index is 2.36. The van der Waals surface area contributed by atoms with E-state index in [1.54, 1.807) is 0 Å². The van der Waals surface area contributed by atoms with Gasteiger partial charge in [-0.15, -0.1) is 0 Å². The van der Waals surface area contributed by atoms with Crippen LogP contribution in [0.15, 0.2) is 188 Å². The molecule has 0 unspecified atom stereocenters. The number of anilines is 3. The predicted molar refractivity (Wildman–Crippen MR) is 209 cm³/mol. The van der Waals surface area contributed by atoms with Crippen molar-refractivity contribution in [3.8, 4) is 44.5 Å². The molecule has 0 fully saturated rings. The molecule has 1 nitrogen and oxygen atoms in total. The van der Waals surface area contributed by atoms with Crippen LogP contribution in [0.2, 0.25) is 0 Å². The van der Waals surface area contributed by atoms with E-state index in [0.717, 1.165) is 17.1 Å². The fraction of sp³-hybridized carbons (Fsp3) is 0. The third kappa shape index (κ3) is 4.26. The largest absolute Gasteiger partial charge is 0.311 e. The summed E-state index contributed by atoms with van der Waals surface area (Å²) in [5, 5.41) is 7.73. The molecule has 9 aromatic rings. The fourth-order valence-electron chi connectivity index (χ4n) is 8.13. The number of benzene rings is 9. The van der Waals surface area contributed by atoms with Gasteiger partial charge < -0.3 is 4.90 Å². The second kappa shape index (κ2) is 11.1. The molecule has 0 amide bonds. The number of hydrogen-bond acceptors (Lipinski definition) is 1. The van der Waals surface area contributed by atoms with Crippen LogP contribution in [0.1, 0.15) is 0 Å². The zero-order valence-corrected chi connectivity index (χ0v) is 26.8. The Labute approximate surface area is 286 Å². The highest BCUT2D eigenvalue weighted by atomic mass is 15.1. The molecule has 0 saturated heterocycles. The molecule has 1 aliphatic rings. The number of nitrogens with zero attached hydrogens (tertiary/aromatic N) is 1. The molecule has 0 spiro atoms. The monoisotopic (exact) mass is 621 g/mol. The average molecular weight is 622 g/mol. The maximum absolute atomic E-state index is 2.36. The predicted octanol–water partition coefficient (Wildman–Crippen LogP) is 13.6. The van der Waals surface area contributed by atoms with Crippen LogP contribution in [0.4, 0.5) is 17.1 Å². The number of hydrogen-bond donors (Lipinski definition) is 0. The standard InChI is InChI=1S/C48H31N/c1-3-14-33(15-4-1)49(34-16-5-2-6-17-34)35-28-26-32(27-29-35)46-39-20-9-11-22-41(39)48(42-23-12-10-21-40(42)46)45-31-30-44-37-19-8-7-18-36(37)38-24-13-25-43(45)47(38)44/h1-31H. The Morgan fingerprint density at radius 3 is 1.22 bits per heavy atom. The van der Waals surface area contributed by atoms with Crippen molar-refractivity contribution in [3.05, 3.63) is 188 Å². The van der Waals surface area contributed by atoms with Gasteiger partial charge in [0.05, 0.1) is 0 Å². The minimum Gasteiger partial charge on any atom is -0.311 e. The molecule has 0 saturated carbocycles. The van der Waals surface area contributed by atoms with E-state index in [0.29, 0.717) is 0 Å². The summed E-state index contributed by atoms with van der Waals surface area (Å²) in [5.41, 5.74) is 13.8. The Balaban J connectivity index is 1.19. The van der Waals surface area contributed by atoms with E-state index < -0.39 is 0 Å². The van der Waals surface area contributed by atoms with Crippen LogP contribution in [0.5, 0.6) is 0 Å². The Hall–Kier alpha value is -6.44. The zero-order chi connectivity index (χ0) is 32.3. The summed E-state index contributed by atoms with van der Waals surface area (Å²) in [6.07, 6.45) is 0. The SMILES string of the molecule is c1ccc(N(c2ccccc2)c2ccc(-c3c4ccccc4c(-c4ccc5c6c(cccc46)-c4ccccc4-5)c4ccccc34)cc2)cc1. The van der Waals surface area contributed by atoms with Crippen molar-refractivity contribution >= 4 is 49.4 Å². The minimum absolute atomic E-state index is 1.13. The van der Waals surface area contributed by atoms with Gasteiger partial charge in [-0.2, -0.15) is 0 Å². The first-order valence-corrected chi connectivity index (χ1v) is 17.0. The van der Waals surface area contributed by atoms with Crippen LogP contribution < -0.4 is 4.90 Å². The number of para-hydroxylation sites is 2. The lowest BCUT2D eigenvalue weighted by molar-refractivity contribution is 1.28. The van der Waals surface area contributed by atoms with E-state index in [-0.39, 0.29) is 0 Å². The molecule has 228 valence electrons. The summed E-state index contributed by atoms with van der Waals surface area (Å²) in [6, 6.07) is 68.5. The normalized spacial score (nSPS) is 11.7. The van der Waals surface area contributed by atoms with Crippen LogP contribution in [-0.2, 0) is 0 Å². The molecular formula is C48H31N. The smallest absolute Gasteiger partial charge is 0.0462 e. The van der Waals surface area contributed by atoms with E-state index in [1.807, 2.05) is 0 Å². The van der Waals surface area contributed by atoms with Crippen molar-refractivity contribution in [3.63, 3.8) is 0 Å². The minimum atomic E-state index is 1.13. The summed E-state index contributed by atoms with van der Waals surface area (Å²) < 4.78 is 0. The second-order valence-corrected chi connectivity index (χ2v) is 12.8. The van der Waals surface area contributed by atoms with E-state index in [1.165, 1.54) is 76.8 Å². The molecule has 0 heterocycles. The van der Waals surface area contributed by atoms with Crippen LogP contribution in [0.25, 0.3) is 76.8 Å². The molecule has 0 aliphatic heterocycles. The summed E-state index contributed by atoms with van der Waals surface area (Å²) in [4.78, 5) is 2.32. The highest BCUT2D eigenvalue weighted by Gasteiger charge is 2.24. The van der Waals surface area contributed by atoms with Gasteiger partial charge in [-0.25, -0.2) is 0 Å². The van der Waals surface area contributed by atoms with E-state index in [4.69, 9.17) is 0 Å². The zero-order valence-electron chi connectivity index (χ0n) is 26.8. The van der Waals surface area contributed by atoms with Crippen molar-refractivity contribution in [2.24, 2.45) is 0 Å². The van der Waals surface area contributed by atoms with Gasteiger partial charge in [0.25, 0.3) is 0 Å². The van der Waals surface area contributed by atoms with Gasteiger partial charge in [-0.1, -0.05) is 152 Å². The van der Waals surface area contributed by atoms with Crippen LogP contribution in [0, 0.1) is 0 Å². The third-order valence-electron chi connectivity index (χ3n) is 10.2. The lowest BCUT2D eigenvalue weighted by Crippen LogP contribution is -2.09. The van der Waals surface area contributed by atoms with Gasteiger partial charge in [-0.05, 0) is 113 Å². The van der Waals surface area contributed by atoms with Gasteiger partial charge in [0.2, 0.25) is 0 Å². The lowest BCUT2D eigenvalue weighted by Gasteiger charge is -2.26. The van der Waals surface area contributed by atoms with Crippen LogP contribution in [0.3, 0.4) is 0 Å². The number of fused-ring (bicyclic) bond motifs is 5. The van der Waals surface area contributed by atoms with Crippen LogP contribution in [-0.4, -0.2) is 0 Å². The van der Waals surface area contributed by atoms with Crippen molar-refractivity contribution in [2.75, 3.05) is 4.90 Å².